The fraction of sp³-hybridized carbons (Fsp3) is 0.750. The molecule has 28 heavy (non-hydrogen) atoms. The van der Waals surface area contributed by atoms with Crippen LogP contribution in [0.4, 0.5) is 0 Å². The lowest BCUT2D eigenvalue weighted by atomic mass is 9.99. The third-order valence-electron chi connectivity index (χ3n) is 5.93. The molecule has 158 valence electrons. The average Bonchev–Trinajstić information content (AvgIpc) is 3.13. The first kappa shape index (κ1) is 21.7. The van der Waals surface area contributed by atoms with Gasteiger partial charge >= 0.3 is 0 Å². The third kappa shape index (κ3) is 5.34. The van der Waals surface area contributed by atoms with Crippen molar-refractivity contribution in [2.45, 2.75) is 62.6 Å². The van der Waals surface area contributed by atoms with Crippen LogP contribution in [0.5, 0.6) is 0 Å². The van der Waals surface area contributed by atoms with Crippen molar-refractivity contribution < 1.29 is 13.2 Å². The number of likely N-dealkylation sites (tertiary alicyclic amines) is 1. The summed E-state index contributed by atoms with van der Waals surface area (Å²) in [6.45, 7) is 7.81. The first-order chi connectivity index (χ1) is 13.4. The smallest absolute Gasteiger partial charge is 0.252 e. The van der Waals surface area contributed by atoms with Crippen LogP contribution in [-0.4, -0.2) is 62.3 Å². The Bertz CT molecular complexity index is 763. The zero-order valence-electron chi connectivity index (χ0n) is 17.0. The fourth-order valence-corrected chi connectivity index (χ4v) is 7.14. The van der Waals surface area contributed by atoms with Gasteiger partial charge in [-0.1, -0.05) is 6.42 Å². The summed E-state index contributed by atoms with van der Waals surface area (Å²) in [5.74, 6) is -0.257. The summed E-state index contributed by atoms with van der Waals surface area (Å²) in [5, 5.41) is 3.04. The van der Waals surface area contributed by atoms with Crippen LogP contribution in [0.25, 0.3) is 0 Å². The number of nitrogens with one attached hydrogen (secondary N) is 1. The van der Waals surface area contributed by atoms with E-state index >= 15 is 0 Å². The van der Waals surface area contributed by atoms with Gasteiger partial charge in [0.15, 0.2) is 0 Å². The number of piperidine rings is 2. The van der Waals surface area contributed by atoms with Gasteiger partial charge in [0.2, 0.25) is 5.91 Å². The minimum absolute atomic E-state index is 0.00560. The molecule has 2 fully saturated rings. The molecular weight excluding hydrogens is 394 g/mol. The van der Waals surface area contributed by atoms with Gasteiger partial charge in [-0.2, -0.15) is 4.31 Å². The monoisotopic (exact) mass is 427 g/mol. The molecule has 0 aliphatic carbocycles. The molecule has 6 nitrogen and oxygen atoms in total. The SMILES string of the molecule is Cc1ccc(S(=O)(=O)N2CCCC(C(=O)NCCCN3CCCCC3C)C2)s1. The summed E-state index contributed by atoms with van der Waals surface area (Å²) < 4.78 is 27.5. The molecule has 0 spiro atoms. The van der Waals surface area contributed by atoms with E-state index < -0.39 is 10.0 Å². The lowest BCUT2D eigenvalue weighted by molar-refractivity contribution is -0.126. The van der Waals surface area contributed by atoms with Gasteiger partial charge in [-0.05, 0) is 64.6 Å². The van der Waals surface area contributed by atoms with E-state index in [1.807, 2.05) is 13.0 Å². The number of nitrogens with zero attached hydrogens (tertiary/aromatic N) is 2. The Morgan fingerprint density at radius 1 is 1.21 bits per heavy atom. The number of sulfonamides is 1. The van der Waals surface area contributed by atoms with Crippen molar-refractivity contribution in [2.75, 3.05) is 32.7 Å². The Labute approximate surface area is 173 Å². The Hall–Kier alpha value is -0.960. The molecule has 1 aromatic rings. The number of hydrogen-bond acceptors (Lipinski definition) is 5. The molecule has 1 aromatic heterocycles. The molecule has 0 saturated carbocycles. The van der Waals surface area contributed by atoms with Crippen molar-refractivity contribution in [3.8, 4) is 0 Å². The molecule has 0 bridgehead atoms. The molecule has 2 aliphatic heterocycles. The summed E-state index contributed by atoms with van der Waals surface area (Å²) in [7, 11) is -3.49. The number of amides is 1. The summed E-state index contributed by atoms with van der Waals surface area (Å²) in [4.78, 5) is 16.1. The predicted molar refractivity (Wildman–Crippen MR) is 113 cm³/mol. The summed E-state index contributed by atoms with van der Waals surface area (Å²) in [5.41, 5.74) is 0. The molecule has 8 heteroatoms. The average molecular weight is 428 g/mol. The largest absolute Gasteiger partial charge is 0.356 e. The first-order valence-corrected chi connectivity index (χ1v) is 12.7. The Kier molecular flexibility index (Phi) is 7.53. The molecule has 2 aliphatic rings. The molecule has 3 rings (SSSR count). The number of hydrogen-bond donors (Lipinski definition) is 1. The topological polar surface area (TPSA) is 69.7 Å². The minimum Gasteiger partial charge on any atom is -0.356 e. The molecule has 2 atom stereocenters. The van der Waals surface area contributed by atoms with Crippen molar-refractivity contribution in [3.05, 3.63) is 17.0 Å². The Morgan fingerprint density at radius 3 is 2.75 bits per heavy atom. The maximum Gasteiger partial charge on any atom is 0.252 e. The van der Waals surface area contributed by atoms with Crippen LogP contribution in [0.3, 0.4) is 0 Å². The lowest BCUT2D eigenvalue weighted by Crippen LogP contribution is -2.45. The van der Waals surface area contributed by atoms with E-state index in [0.29, 0.717) is 23.3 Å². The van der Waals surface area contributed by atoms with Crippen LogP contribution in [0.1, 0.15) is 50.3 Å². The second-order valence-corrected chi connectivity index (χ2v) is 11.5. The van der Waals surface area contributed by atoms with Crippen LogP contribution in [-0.2, 0) is 14.8 Å². The number of aryl methyl sites for hydroxylation is 1. The van der Waals surface area contributed by atoms with Gasteiger partial charge in [-0.25, -0.2) is 8.42 Å². The first-order valence-electron chi connectivity index (χ1n) is 10.5. The molecule has 2 saturated heterocycles. The van der Waals surface area contributed by atoms with Crippen LogP contribution in [0.15, 0.2) is 16.3 Å². The van der Waals surface area contributed by atoms with Gasteiger partial charge in [0.1, 0.15) is 4.21 Å². The van der Waals surface area contributed by atoms with Gasteiger partial charge in [0, 0.05) is 37.1 Å². The van der Waals surface area contributed by atoms with Crippen molar-refractivity contribution >= 4 is 27.3 Å². The van der Waals surface area contributed by atoms with Gasteiger partial charge in [-0.15, -0.1) is 11.3 Å². The molecule has 1 N–H and O–H groups in total. The van der Waals surface area contributed by atoms with Crippen molar-refractivity contribution in [3.63, 3.8) is 0 Å². The molecule has 1 amide bonds. The van der Waals surface area contributed by atoms with E-state index in [1.54, 1.807) is 6.07 Å². The predicted octanol–water partition coefficient (Wildman–Crippen LogP) is 2.84. The summed E-state index contributed by atoms with van der Waals surface area (Å²) >= 11 is 1.29. The van der Waals surface area contributed by atoms with Crippen LogP contribution >= 0.6 is 11.3 Å². The second-order valence-electron chi connectivity index (χ2n) is 8.09. The highest BCUT2D eigenvalue weighted by molar-refractivity contribution is 7.91. The van der Waals surface area contributed by atoms with E-state index in [1.165, 1.54) is 34.9 Å². The van der Waals surface area contributed by atoms with Crippen molar-refractivity contribution in [1.29, 1.82) is 0 Å². The highest BCUT2D eigenvalue weighted by Gasteiger charge is 2.33. The van der Waals surface area contributed by atoms with E-state index in [9.17, 15) is 13.2 Å². The fourth-order valence-electron chi connectivity index (χ4n) is 4.18. The van der Waals surface area contributed by atoms with Crippen LogP contribution < -0.4 is 5.32 Å². The van der Waals surface area contributed by atoms with E-state index in [-0.39, 0.29) is 18.4 Å². The number of carbonyl (C=O) groups excluding carboxylic acids is 1. The molecular formula is C20H33N3O3S2. The zero-order chi connectivity index (χ0) is 20.1. The van der Waals surface area contributed by atoms with E-state index in [4.69, 9.17) is 0 Å². The normalized spacial score (nSPS) is 24.9. The third-order valence-corrected chi connectivity index (χ3v) is 9.26. The Balaban J connectivity index is 1.46. The molecule has 0 radical (unpaired) electrons. The maximum absolute atomic E-state index is 12.8. The number of thiophene rings is 1. The Morgan fingerprint density at radius 2 is 2.04 bits per heavy atom. The summed E-state index contributed by atoms with van der Waals surface area (Å²) in [6, 6.07) is 4.14. The van der Waals surface area contributed by atoms with E-state index in [0.717, 1.165) is 37.2 Å². The van der Waals surface area contributed by atoms with E-state index in [2.05, 4.69) is 17.1 Å². The molecule has 0 aromatic carbocycles. The highest BCUT2D eigenvalue weighted by atomic mass is 32.2. The van der Waals surface area contributed by atoms with Crippen LogP contribution in [0.2, 0.25) is 0 Å². The molecule has 2 unspecified atom stereocenters. The quantitative estimate of drug-likeness (QED) is 0.680. The van der Waals surface area contributed by atoms with Gasteiger partial charge in [-0.3, -0.25) is 4.79 Å². The van der Waals surface area contributed by atoms with Gasteiger partial charge in [0.25, 0.3) is 10.0 Å². The van der Waals surface area contributed by atoms with Crippen LogP contribution in [0, 0.1) is 12.8 Å². The second kappa shape index (κ2) is 9.69. The number of rotatable bonds is 7. The lowest BCUT2D eigenvalue weighted by Gasteiger charge is -2.33. The van der Waals surface area contributed by atoms with Crippen molar-refractivity contribution in [2.24, 2.45) is 5.92 Å². The minimum atomic E-state index is -3.49. The number of carbonyl (C=O) groups is 1. The maximum atomic E-state index is 12.8. The van der Waals surface area contributed by atoms with Gasteiger partial charge < -0.3 is 10.2 Å². The standard InChI is InChI=1S/C20H33N3O3S2/c1-16-7-3-4-12-22(16)13-6-11-21-20(24)18-8-5-14-23(15-18)28(25,26)19-10-9-17(2)27-19/h9-10,16,18H,3-8,11-15H2,1-2H3,(H,21,24). The van der Waals surface area contributed by atoms with Crippen molar-refractivity contribution in [1.82, 2.24) is 14.5 Å². The van der Waals surface area contributed by atoms with Gasteiger partial charge in [0.05, 0.1) is 5.92 Å². The zero-order valence-corrected chi connectivity index (χ0v) is 18.7. The molecule has 3 heterocycles. The summed E-state index contributed by atoms with van der Waals surface area (Å²) in [6.07, 6.45) is 6.28. The highest BCUT2D eigenvalue weighted by Crippen LogP contribution is 2.28.